The second-order valence-corrected chi connectivity index (χ2v) is 6.35. The van der Waals surface area contributed by atoms with E-state index in [-0.39, 0.29) is 18.2 Å². The third-order valence-corrected chi connectivity index (χ3v) is 4.21. The molecular formula is C20H26Cl2FNO2. The van der Waals surface area contributed by atoms with Crippen molar-refractivity contribution < 1.29 is 13.9 Å². The standard InChI is InChI=1S/C20H25ClFNO2.ClH/c1-4-14(3)23-12-16-10-18(21)20(19(11-16)24-5-2)25-13-15-6-8-17(22)9-7-15;/h6-11,14,23H,4-5,12-13H2,1-3H3;1H. The number of halogens is 3. The molecule has 0 aliphatic heterocycles. The fourth-order valence-electron chi connectivity index (χ4n) is 2.30. The predicted octanol–water partition coefficient (Wildman–Crippen LogP) is 5.77. The second-order valence-electron chi connectivity index (χ2n) is 5.94. The van der Waals surface area contributed by atoms with Crippen LogP contribution >= 0.6 is 24.0 Å². The maximum absolute atomic E-state index is 13.0. The van der Waals surface area contributed by atoms with Crippen molar-refractivity contribution in [2.75, 3.05) is 6.61 Å². The zero-order chi connectivity index (χ0) is 18.2. The summed E-state index contributed by atoms with van der Waals surface area (Å²) in [6.07, 6.45) is 1.06. The summed E-state index contributed by atoms with van der Waals surface area (Å²) in [6.45, 7) is 7.73. The van der Waals surface area contributed by atoms with Gasteiger partial charge in [0.2, 0.25) is 0 Å². The summed E-state index contributed by atoms with van der Waals surface area (Å²) in [5.74, 6) is 0.869. The van der Waals surface area contributed by atoms with Gasteiger partial charge in [0.15, 0.2) is 11.5 Å². The Morgan fingerprint density at radius 1 is 1.08 bits per heavy atom. The highest BCUT2D eigenvalue weighted by Gasteiger charge is 2.13. The van der Waals surface area contributed by atoms with Gasteiger partial charge in [-0.25, -0.2) is 4.39 Å². The third kappa shape index (κ3) is 6.67. The largest absolute Gasteiger partial charge is 0.490 e. The highest BCUT2D eigenvalue weighted by atomic mass is 35.5. The smallest absolute Gasteiger partial charge is 0.180 e. The van der Waals surface area contributed by atoms with Gasteiger partial charge in [-0.2, -0.15) is 0 Å². The van der Waals surface area contributed by atoms with Crippen LogP contribution in [0, 0.1) is 5.82 Å². The fraction of sp³-hybridized carbons (Fsp3) is 0.400. The number of rotatable bonds is 9. The van der Waals surface area contributed by atoms with Crippen LogP contribution in [0.5, 0.6) is 11.5 Å². The lowest BCUT2D eigenvalue weighted by Crippen LogP contribution is -2.24. The van der Waals surface area contributed by atoms with Crippen molar-refractivity contribution in [2.45, 2.75) is 46.4 Å². The van der Waals surface area contributed by atoms with Crippen LogP contribution < -0.4 is 14.8 Å². The van der Waals surface area contributed by atoms with E-state index in [1.807, 2.05) is 19.1 Å². The average Bonchev–Trinajstić information content (AvgIpc) is 2.60. The predicted molar refractivity (Wildman–Crippen MR) is 107 cm³/mol. The van der Waals surface area contributed by atoms with Crippen molar-refractivity contribution in [3.8, 4) is 11.5 Å². The number of nitrogens with one attached hydrogen (secondary N) is 1. The molecule has 1 atom stereocenters. The first-order valence-electron chi connectivity index (χ1n) is 8.59. The number of ether oxygens (including phenoxy) is 2. The van der Waals surface area contributed by atoms with E-state index in [1.165, 1.54) is 12.1 Å². The monoisotopic (exact) mass is 401 g/mol. The van der Waals surface area contributed by atoms with E-state index in [2.05, 4.69) is 19.2 Å². The van der Waals surface area contributed by atoms with Crippen LogP contribution in [0.1, 0.15) is 38.3 Å². The molecule has 0 radical (unpaired) electrons. The van der Waals surface area contributed by atoms with Crippen molar-refractivity contribution in [1.82, 2.24) is 5.32 Å². The quantitative estimate of drug-likeness (QED) is 0.578. The summed E-state index contributed by atoms with van der Waals surface area (Å²) >= 11 is 6.42. The first kappa shape index (κ1) is 22.6. The van der Waals surface area contributed by atoms with E-state index < -0.39 is 0 Å². The van der Waals surface area contributed by atoms with Crippen LogP contribution in [0.15, 0.2) is 36.4 Å². The van der Waals surface area contributed by atoms with E-state index in [1.54, 1.807) is 12.1 Å². The lowest BCUT2D eigenvalue weighted by atomic mass is 10.1. The van der Waals surface area contributed by atoms with Crippen molar-refractivity contribution in [1.29, 1.82) is 0 Å². The van der Waals surface area contributed by atoms with Crippen LogP contribution in [0.2, 0.25) is 5.02 Å². The zero-order valence-electron chi connectivity index (χ0n) is 15.4. The van der Waals surface area contributed by atoms with Crippen molar-refractivity contribution in [2.24, 2.45) is 0 Å². The molecule has 0 spiro atoms. The summed E-state index contributed by atoms with van der Waals surface area (Å²) in [7, 11) is 0. The molecular weight excluding hydrogens is 376 g/mol. The van der Waals surface area contributed by atoms with Gasteiger partial charge in [0.25, 0.3) is 0 Å². The van der Waals surface area contributed by atoms with Gasteiger partial charge in [-0.1, -0.05) is 30.7 Å². The van der Waals surface area contributed by atoms with Gasteiger partial charge < -0.3 is 14.8 Å². The third-order valence-electron chi connectivity index (χ3n) is 3.93. The molecule has 0 aromatic heterocycles. The van der Waals surface area contributed by atoms with Crippen LogP contribution in [0.25, 0.3) is 0 Å². The number of hydrogen-bond donors (Lipinski definition) is 1. The summed E-state index contributed by atoms with van der Waals surface area (Å²) < 4.78 is 24.5. The maximum atomic E-state index is 13.0. The van der Waals surface area contributed by atoms with Gasteiger partial charge in [-0.05, 0) is 55.7 Å². The van der Waals surface area contributed by atoms with E-state index in [0.717, 1.165) is 17.5 Å². The Bertz CT molecular complexity index is 680. The molecule has 0 aliphatic carbocycles. The number of benzene rings is 2. The fourth-order valence-corrected chi connectivity index (χ4v) is 2.59. The lowest BCUT2D eigenvalue weighted by molar-refractivity contribution is 0.269. The van der Waals surface area contributed by atoms with Crippen molar-refractivity contribution in [3.05, 3.63) is 58.4 Å². The van der Waals surface area contributed by atoms with Gasteiger partial charge in [0, 0.05) is 12.6 Å². The molecule has 0 bridgehead atoms. The molecule has 0 fully saturated rings. The molecule has 2 aromatic rings. The van der Waals surface area contributed by atoms with E-state index >= 15 is 0 Å². The molecule has 2 aromatic carbocycles. The minimum atomic E-state index is -0.269. The summed E-state index contributed by atoms with van der Waals surface area (Å²) in [4.78, 5) is 0. The highest BCUT2D eigenvalue weighted by molar-refractivity contribution is 6.32. The molecule has 0 amide bonds. The Balaban J connectivity index is 0.00000338. The molecule has 144 valence electrons. The molecule has 26 heavy (non-hydrogen) atoms. The minimum absolute atomic E-state index is 0. The van der Waals surface area contributed by atoms with Crippen LogP contribution in [0.3, 0.4) is 0 Å². The molecule has 6 heteroatoms. The lowest BCUT2D eigenvalue weighted by Gasteiger charge is -2.17. The van der Waals surface area contributed by atoms with Gasteiger partial charge in [0.1, 0.15) is 12.4 Å². The molecule has 1 N–H and O–H groups in total. The Labute approximate surface area is 166 Å². The normalized spacial score (nSPS) is 11.6. The topological polar surface area (TPSA) is 30.5 Å². The molecule has 1 unspecified atom stereocenters. The summed E-state index contributed by atoms with van der Waals surface area (Å²) in [5, 5.41) is 3.95. The molecule has 3 nitrogen and oxygen atoms in total. The Hall–Kier alpha value is -1.49. The van der Waals surface area contributed by atoms with Gasteiger partial charge >= 0.3 is 0 Å². The van der Waals surface area contributed by atoms with Gasteiger partial charge in [0.05, 0.1) is 11.6 Å². The first-order chi connectivity index (χ1) is 12.0. The highest BCUT2D eigenvalue weighted by Crippen LogP contribution is 2.37. The molecule has 0 aliphatic rings. The van der Waals surface area contributed by atoms with E-state index in [0.29, 0.717) is 42.3 Å². The summed E-state index contributed by atoms with van der Waals surface area (Å²) in [6, 6.07) is 10.5. The Morgan fingerprint density at radius 3 is 2.38 bits per heavy atom. The van der Waals surface area contributed by atoms with E-state index in [9.17, 15) is 4.39 Å². The van der Waals surface area contributed by atoms with Gasteiger partial charge in [-0.3, -0.25) is 0 Å². The van der Waals surface area contributed by atoms with E-state index in [4.69, 9.17) is 21.1 Å². The average molecular weight is 402 g/mol. The minimum Gasteiger partial charge on any atom is -0.490 e. The van der Waals surface area contributed by atoms with Crippen LogP contribution in [0.4, 0.5) is 4.39 Å². The first-order valence-corrected chi connectivity index (χ1v) is 8.97. The van der Waals surface area contributed by atoms with Crippen molar-refractivity contribution in [3.63, 3.8) is 0 Å². The molecule has 2 rings (SSSR count). The Morgan fingerprint density at radius 2 is 1.77 bits per heavy atom. The maximum Gasteiger partial charge on any atom is 0.180 e. The van der Waals surface area contributed by atoms with Crippen LogP contribution in [-0.2, 0) is 13.2 Å². The summed E-state index contributed by atoms with van der Waals surface area (Å²) in [5.41, 5.74) is 1.91. The number of hydrogen-bond acceptors (Lipinski definition) is 3. The van der Waals surface area contributed by atoms with Crippen LogP contribution in [-0.4, -0.2) is 12.6 Å². The van der Waals surface area contributed by atoms with Gasteiger partial charge in [-0.15, -0.1) is 12.4 Å². The van der Waals surface area contributed by atoms with Crippen molar-refractivity contribution >= 4 is 24.0 Å². The second kappa shape index (κ2) is 11.3. The molecule has 0 saturated carbocycles. The molecule has 0 heterocycles. The Kier molecular flexibility index (Phi) is 9.78. The zero-order valence-corrected chi connectivity index (χ0v) is 16.9. The molecule has 0 saturated heterocycles. The SMILES string of the molecule is CCOc1cc(CNC(C)CC)cc(Cl)c1OCc1ccc(F)cc1.Cl.